The maximum atomic E-state index is 9.57. The van der Waals surface area contributed by atoms with Gasteiger partial charge in [0, 0.05) is 12.0 Å². The predicted octanol–water partition coefficient (Wildman–Crippen LogP) is 3.56. The van der Waals surface area contributed by atoms with Crippen LogP contribution >= 0.6 is 12.6 Å². The molecule has 0 heterocycles. The number of benzene rings is 1. The van der Waals surface area contributed by atoms with Gasteiger partial charge in [-0.2, -0.15) is 12.6 Å². The third kappa shape index (κ3) is 3.89. The topological polar surface area (TPSA) is 20.2 Å². The zero-order chi connectivity index (χ0) is 11.1. The molecule has 2 heteroatoms. The molecule has 0 aliphatic heterocycles. The molecule has 1 atom stereocenters. The summed E-state index contributed by atoms with van der Waals surface area (Å²) in [6.45, 7) is 2.14. The summed E-state index contributed by atoms with van der Waals surface area (Å²) in [6.07, 6.45) is 3.18. The number of thiol groups is 1. The van der Waals surface area contributed by atoms with Gasteiger partial charge in [0.25, 0.3) is 0 Å². The standard InChI is InChI=1S/C13H16OS/c1-2-3-4-5-10-13(15)11-8-6-7-9-12(11)14/h6-9,13-15H,2-4H2,1H3. The maximum absolute atomic E-state index is 9.57. The Morgan fingerprint density at radius 2 is 2.13 bits per heavy atom. The summed E-state index contributed by atoms with van der Waals surface area (Å²) < 4.78 is 0. The largest absolute Gasteiger partial charge is 0.508 e. The van der Waals surface area contributed by atoms with Gasteiger partial charge in [0.05, 0.1) is 5.25 Å². The molecular weight excluding hydrogens is 204 g/mol. The van der Waals surface area contributed by atoms with Crippen LogP contribution in [0.1, 0.15) is 37.0 Å². The van der Waals surface area contributed by atoms with Gasteiger partial charge in [-0.1, -0.05) is 37.5 Å². The van der Waals surface area contributed by atoms with Crippen LogP contribution in [-0.2, 0) is 0 Å². The first-order valence-electron chi connectivity index (χ1n) is 5.20. The van der Waals surface area contributed by atoms with Crippen LogP contribution in [0.15, 0.2) is 24.3 Å². The Labute approximate surface area is 96.9 Å². The van der Waals surface area contributed by atoms with E-state index in [9.17, 15) is 5.11 Å². The molecule has 0 spiro atoms. The summed E-state index contributed by atoms with van der Waals surface area (Å²) >= 11 is 4.36. The Bertz CT molecular complexity index is 362. The van der Waals surface area contributed by atoms with Gasteiger partial charge in [0.15, 0.2) is 0 Å². The molecular formula is C13H16OS. The van der Waals surface area contributed by atoms with E-state index in [1.807, 2.05) is 12.1 Å². The number of aromatic hydroxyl groups is 1. The van der Waals surface area contributed by atoms with Crippen molar-refractivity contribution in [2.24, 2.45) is 0 Å². The fourth-order valence-electron chi connectivity index (χ4n) is 1.23. The Hall–Kier alpha value is -1.07. The quantitative estimate of drug-likeness (QED) is 0.453. The molecule has 1 aromatic rings. The van der Waals surface area contributed by atoms with Crippen LogP contribution in [0.25, 0.3) is 0 Å². The molecule has 1 aromatic carbocycles. The van der Waals surface area contributed by atoms with Crippen molar-refractivity contribution >= 4 is 12.6 Å². The van der Waals surface area contributed by atoms with E-state index in [1.165, 1.54) is 0 Å². The fourth-order valence-corrected chi connectivity index (χ4v) is 1.54. The fraction of sp³-hybridized carbons (Fsp3) is 0.385. The minimum Gasteiger partial charge on any atom is -0.508 e. The highest BCUT2D eigenvalue weighted by molar-refractivity contribution is 7.80. The van der Waals surface area contributed by atoms with E-state index in [0.29, 0.717) is 0 Å². The third-order valence-electron chi connectivity index (χ3n) is 2.13. The van der Waals surface area contributed by atoms with Crippen LogP contribution < -0.4 is 0 Å². The van der Waals surface area contributed by atoms with Crippen molar-refractivity contribution in [1.82, 2.24) is 0 Å². The highest BCUT2D eigenvalue weighted by atomic mass is 32.1. The molecule has 0 aliphatic rings. The van der Waals surface area contributed by atoms with Crippen LogP contribution in [-0.4, -0.2) is 5.11 Å². The monoisotopic (exact) mass is 220 g/mol. The van der Waals surface area contributed by atoms with E-state index in [2.05, 4.69) is 31.4 Å². The number of hydrogen-bond donors (Lipinski definition) is 2. The number of unbranched alkanes of at least 4 members (excludes halogenated alkanes) is 2. The predicted molar refractivity (Wildman–Crippen MR) is 67.1 cm³/mol. The van der Waals surface area contributed by atoms with Crippen LogP contribution in [0.5, 0.6) is 5.75 Å². The normalized spacial score (nSPS) is 11.6. The van der Waals surface area contributed by atoms with Gasteiger partial charge in [-0.3, -0.25) is 0 Å². The average Bonchev–Trinajstić information content (AvgIpc) is 2.25. The third-order valence-corrected chi connectivity index (χ3v) is 2.53. The molecule has 0 saturated heterocycles. The smallest absolute Gasteiger partial charge is 0.120 e. The van der Waals surface area contributed by atoms with Crippen molar-refractivity contribution in [2.45, 2.75) is 31.4 Å². The van der Waals surface area contributed by atoms with E-state index < -0.39 is 0 Å². The average molecular weight is 220 g/mol. The minimum absolute atomic E-state index is 0.192. The maximum Gasteiger partial charge on any atom is 0.120 e. The van der Waals surface area contributed by atoms with Gasteiger partial charge >= 0.3 is 0 Å². The molecule has 0 saturated carbocycles. The molecule has 0 amide bonds. The molecule has 1 nitrogen and oxygen atoms in total. The molecule has 0 fully saturated rings. The number of phenols is 1. The van der Waals surface area contributed by atoms with Crippen molar-refractivity contribution in [3.63, 3.8) is 0 Å². The first-order chi connectivity index (χ1) is 7.25. The lowest BCUT2D eigenvalue weighted by molar-refractivity contribution is 0.470. The molecule has 80 valence electrons. The zero-order valence-corrected chi connectivity index (χ0v) is 9.80. The molecule has 0 radical (unpaired) electrons. The minimum atomic E-state index is -0.192. The summed E-state index contributed by atoms with van der Waals surface area (Å²) in [4.78, 5) is 0. The van der Waals surface area contributed by atoms with Crippen LogP contribution in [0, 0.1) is 11.8 Å². The van der Waals surface area contributed by atoms with Crippen molar-refractivity contribution < 1.29 is 5.11 Å². The van der Waals surface area contributed by atoms with Crippen molar-refractivity contribution in [3.05, 3.63) is 29.8 Å². The molecule has 1 unspecified atom stereocenters. The lowest BCUT2D eigenvalue weighted by atomic mass is 10.1. The van der Waals surface area contributed by atoms with Crippen molar-refractivity contribution in [3.8, 4) is 17.6 Å². The summed E-state index contributed by atoms with van der Waals surface area (Å²) in [7, 11) is 0. The Morgan fingerprint density at radius 1 is 1.40 bits per heavy atom. The van der Waals surface area contributed by atoms with Crippen LogP contribution in [0.3, 0.4) is 0 Å². The highest BCUT2D eigenvalue weighted by Crippen LogP contribution is 2.27. The Balaban J connectivity index is 2.63. The zero-order valence-electron chi connectivity index (χ0n) is 8.90. The van der Waals surface area contributed by atoms with Crippen molar-refractivity contribution in [2.75, 3.05) is 0 Å². The second kappa shape index (κ2) is 6.42. The number of rotatable bonds is 3. The number of hydrogen-bond acceptors (Lipinski definition) is 2. The molecule has 0 aromatic heterocycles. The van der Waals surface area contributed by atoms with Crippen molar-refractivity contribution in [1.29, 1.82) is 0 Å². The van der Waals surface area contributed by atoms with Gasteiger partial charge in [0.2, 0.25) is 0 Å². The Morgan fingerprint density at radius 3 is 2.80 bits per heavy atom. The van der Waals surface area contributed by atoms with Gasteiger partial charge in [-0.15, -0.1) is 5.92 Å². The highest BCUT2D eigenvalue weighted by Gasteiger charge is 2.06. The van der Waals surface area contributed by atoms with E-state index in [1.54, 1.807) is 12.1 Å². The summed E-state index contributed by atoms with van der Waals surface area (Å²) in [6, 6.07) is 7.18. The summed E-state index contributed by atoms with van der Waals surface area (Å²) in [5.74, 6) is 6.37. The van der Waals surface area contributed by atoms with Gasteiger partial charge in [0.1, 0.15) is 5.75 Å². The molecule has 1 N–H and O–H groups in total. The van der Waals surface area contributed by atoms with Gasteiger partial charge in [-0.05, 0) is 12.5 Å². The molecule has 0 aliphatic carbocycles. The second-order valence-electron chi connectivity index (χ2n) is 3.39. The summed E-state index contributed by atoms with van der Waals surface area (Å²) in [5, 5.41) is 9.38. The lowest BCUT2D eigenvalue weighted by Gasteiger charge is -2.05. The van der Waals surface area contributed by atoms with E-state index in [4.69, 9.17) is 0 Å². The van der Waals surface area contributed by atoms with Crippen LogP contribution in [0.2, 0.25) is 0 Å². The summed E-state index contributed by atoms with van der Waals surface area (Å²) in [5.41, 5.74) is 0.782. The second-order valence-corrected chi connectivity index (χ2v) is 3.90. The molecule has 15 heavy (non-hydrogen) atoms. The lowest BCUT2D eigenvalue weighted by Crippen LogP contribution is -1.87. The van der Waals surface area contributed by atoms with Gasteiger partial charge in [-0.25, -0.2) is 0 Å². The first-order valence-corrected chi connectivity index (χ1v) is 5.71. The van der Waals surface area contributed by atoms with E-state index >= 15 is 0 Å². The number of para-hydroxylation sites is 1. The van der Waals surface area contributed by atoms with Gasteiger partial charge < -0.3 is 5.11 Å². The first kappa shape index (κ1) is 12.0. The van der Waals surface area contributed by atoms with E-state index in [0.717, 1.165) is 24.8 Å². The number of phenolic OH excluding ortho intramolecular Hbond substituents is 1. The van der Waals surface area contributed by atoms with E-state index in [-0.39, 0.29) is 11.0 Å². The molecule has 0 bridgehead atoms. The SMILES string of the molecule is CCCCC#CC(S)c1ccccc1O. The molecule has 1 rings (SSSR count). The Kier molecular flexibility index (Phi) is 5.14. The van der Waals surface area contributed by atoms with Crippen LogP contribution in [0.4, 0.5) is 0 Å².